The zero-order chi connectivity index (χ0) is 50.4. The maximum Gasteiger partial charge on any atom is 0.573 e. The molecule has 2 atom stereocenters. The van der Waals surface area contributed by atoms with E-state index >= 15 is 0 Å². The van der Waals surface area contributed by atoms with Crippen LogP contribution in [0.15, 0.2) is 97.3 Å². The number of piperidine rings is 1. The van der Waals surface area contributed by atoms with Crippen LogP contribution in [-0.4, -0.2) is 143 Å². The first kappa shape index (κ1) is 49.7. The third-order valence-electron chi connectivity index (χ3n) is 12.6. The average Bonchev–Trinajstić information content (AvgIpc) is 3.91. The second-order valence-corrected chi connectivity index (χ2v) is 17.5. The van der Waals surface area contributed by atoms with Crippen molar-refractivity contribution in [2.24, 2.45) is 0 Å². The van der Waals surface area contributed by atoms with Crippen molar-refractivity contribution < 1.29 is 60.0 Å². The molecule has 2 aromatic heterocycles. The number of carbonyl (C=O) groups is 2. The predicted molar refractivity (Wildman–Crippen MR) is 253 cm³/mol. The number of nitrogens with zero attached hydrogens (tertiary/aromatic N) is 8. The number of amides is 2. The van der Waals surface area contributed by atoms with Crippen LogP contribution in [0.2, 0.25) is 0 Å². The highest BCUT2D eigenvalue weighted by molar-refractivity contribution is 6.04. The molecule has 72 heavy (non-hydrogen) atoms. The number of piperazine rings is 1. The molecule has 0 aliphatic carbocycles. The van der Waals surface area contributed by atoms with Crippen molar-refractivity contribution in [2.75, 3.05) is 85.9 Å². The van der Waals surface area contributed by atoms with Crippen LogP contribution in [0.25, 0.3) is 21.8 Å². The van der Waals surface area contributed by atoms with Gasteiger partial charge in [0.25, 0.3) is 11.8 Å². The van der Waals surface area contributed by atoms with Gasteiger partial charge >= 0.3 is 12.7 Å². The fraction of sp³-hybridized carbons (Fsp3) is 0.388. The molecule has 3 N–H and O–H groups in total. The predicted octanol–water partition coefficient (Wildman–Crippen LogP) is 7.02. The number of rotatable bonds is 16. The Bertz CT molecular complexity index is 2820. The lowest BCUT2D eigenvalue weighted by Gasteiger charge is -2.36. The fourth-order valence-electron chi connectivity index (χ4n) is 9.02. The van der Waals surface area contributed by atoms with Gasteiger partial charge < -0.3 is 49.4 Å². The molecule has 3 fully saturated rings. The van der Waals surface area contributed by atoms with Gasteiger partial charge in [0.1, 0.15) is 23.0 Å². The second kappa shape index (κ2) is 21.6. The van der Waals surface area contributed by atoms with E-state index in [1.807, 2.05) is 4.90 Å². The lowest BCUT2D eigenvalue weighted by Crippen LogP contribution is -2.51. The zero-order valence-corrected chi connectivity index (χ0v) is 38.6. The molecule has 0 radical (unpaired) electrons. The van der Waals surface area contributed by atoms with Gasteiger partial charge in [0, 0.05) is 86.4 Å². The molecular formula is C49H50F6N10O7. The number of fused-ring (bicyclic) bond motifs is 2. The van der Waals surface area contributed by atoms with Gasteiger partial charge in [-0.1, -0.05) is 0 Å². The number of hydrogen-bond acceptors (Lipinski definition) is 15. The number of halogens is 6. The number of ether oxygens (including phenoxy) is 4. The van der Waals surface area contributed by atoms with Gasteiger partial charge in [-0.05, 0) is 124 Å². The summed E-state index contributed by atoms with van der Waals surface area (Å²) in [6, 6.07) is 18.4. The number of nitrogens with one attached hydrogen (secondary N) is 2. The SMILES string of the molecule is O=C(Nc1ccc2nc(N3CCC(N4CCCC4)CC3)ncc2c1)C(Oc1ccc(OC(F)(F)F)cc1)C(Oc1ccc(OC(F)(F)F)cc1)C(=O)Nc1ccc2nc(N3CCN(CCO)CC3)ncc2c1. The lowest BCUT2D eigenvalue weighted by molar-refractivity contribution is -0.275. The third kappa shape index (κ3) is 12.8. The fourth-order valence-corrected chi connectivity index (χ4v) is 9.02. The summed E-state index contributed by atoms with van der Waals surface area (Å²) >= 11 is 0. The van der Waals surface area contributed by atoms with Gasteiger partial charge in [-0.3, -0.25) is 14.5 Å². The van der Waals surface area contributed by atoms with E-state index in [9.17, 15) is 41.0 Å². The Hall–Kier alpha value is -7.24. The molecule has 3 aliphatic heterocycles. The Morgan fingerprint density at radius 1 is 0.597 bits per heavy atom. The standard InChI is InChI=1S/C49H50F6N10O7/c50-48(51,52)71-38-9-5-36(6-10-38)69-42(44(67)58-33-3-13-40-31(27-33)29-56-46(60-40)64-19-15-35(16-20-64)63-17-1-2-18-63)43(70-37-7-11-39(12-8-37)72-49(53,54)55)45(68)59-34-4-14-41-32(28-34)30-57-47(61-41)65-23-21-62(22-24-65)25-26-66/h3-14,27-30,35,42-43,66H,1-2,15-26H2,(H,58,67)(H,59,68). The number of likely N-dealkylation sites (tertiary alicyclic amines) is 1. The molecule has 0 bridgehead atoms. The Balaban J connectivity index is 0.985. The van der Waals surface area contributed by atoms with Crippen molar-refractivity contribution in [3.63, 3.8) is 0 Å². The number of aliphatic hydroxyl groups is 1. The van der Waals surface area contributed by atoms with Gasteiger partial charge in [0.05, 0.1) is 17.6 Å². The number of aromatic nitrogens is 4. The summed E-state index contributed by atoms with van der Waals surface area (Å²) in [4.78, 5) is 56.7. The average molecular weight is 1000 g/mol. The summed E-state index contributed by atoms with van der Waals surface area (Å²) in [5.74, 6) is -2.41. The summed E-state index contributed by atoms with van der Waals surface area (Å²) in [6.45, 7) is 7.25. The van der Waals surface area contributed by atoms with E-state index in [2.05, 4.69) is 44.8 Å². The van der Waals surface area contributed by atoms with Crippen molar-refractivity contribution in [1.29, 1.82) is 0 Å². The van der Waals surface area contributed by atoms with Crippen LogP contribution in [0.5, 0.6) is 23.0 Å². The molecule has 0 spiro atoms. The Kier molecular flexibility index (Phi) is 14.9. The monoisotopic (exact) mass is 1000 g/mol. The molecule has 3 saturated heterocycles. The lowest BCUT2D eigenvalue weighted by atomic mass is 10.0. The van der Waals surface area contributed by atoms with Crippen LogP contribution >= 0.6 is 0 Å². The number of β-amino-alcohol motifs (C(OH)–C–C–N with tert-alkyl or cyclic N) is 1. The molecule has 2 unspecified atom stereocenters. The maximum atomic E-state index is 14.6. The number of anilines is 4. The first-order valence-corrected chi connectivity index (χ1v) is 23.4. The third-order valence-corrected chi connectivity index (χ3v) is 12.6. The molecule has 9 rings (SSSR count). The minimum atomic E-state index is -5.01. The van der Waals surface area contributed by atoms with Gasteiger partial charge in [0.15, 0.2) is 0 Å². The molecule has 4 aromatic carbocycles. The highest BCUT2D eigenvalue weighted by Crippen LogP contribution is 2.31. The summed E-state index contributed by atoms with van der Waals surface area (Å²) in [7, 11) is 0. The summed E-state index contributed by atoms with van der Waals surface area (Å²) in [6.07, 6.45) is -6.20. The van der Waals surface area contributed by atoms with Crippen LogP contribution in [0.3, 0.4) is 0 Å². The van der Waals surface area contributed by atoms with Crippen LogP contribution < -0.4 is 39.4 Å². The maximum absolute atomic E-state index is 14.6. The highest BCUT2D eigenvalue weighted by atomic mass is 19.4. The molecule has 2 amide bonds. The molecule has 6 aromatic rings. The molecule has 17 nitrogen and oxygen atoms in total. The van der Waals surface area contributed by atoms with Crippen molar-refractivity contribution in [3.05, 3.63) is 97.3 Å². The summed E-state index contributed by atoms with van der Waals surface area (Å²) in [5.41, 5.74) is 1.59. The number of alkyl halides is 6. The number of carbonyl (C=O) groups excluding carboxylic acids is 2. The molecule has 3 aliphatic rings. The van der Waals surface area contributed by atoms with Crippen molar-refractivity contribution >= 4 is 56.9 Å². The highest BCUT2D eigenvalue weighted by Gasteiger charge is 2.40. The minimum Gasteiger partial charge on any atom is -0.476 e. The quantitative estimate of drug-likeness (QED) is 0.0842. The first-order chi connectivity index (χ1) is 34.6. The van der Waals surface area contributed by atoms with Crippen LogP contribution in [0, 0.1) is 0 Å². The number of aliphatic hydroxyl groups excluding tert-OH is 1. The second-order valence-electron chi connectivity index (χ2n) is 17.5. The van der Waals surface area contributed by atoms with E-state index < -0.39 is 48.2 Å². The summed E-state index contributed by atoms with van der Waals surface area (Å²) in [5, 5.41) is 15.9. The van der Waals surface area contributed by atoms with Crippen LogP contribution in [-0.2, 0) is 9.59 Å². The van der Waals surface area contributed by atoms with Crippen molar-refractivity contribution in [3.8, 4) is 23.0 Å². The number of benzene rings is 4. The normalized spacial score (nSPS) is 17.2. The van der Waals surface area contributed by atoms with E-state index in [4.69, 9.17) is 19.4 Å². The van der Waals surface area contributed by atoms with Gasteiger partial charge in [-0.15, -0.1) is 26.3 Å². The van der Waals surface area contributed by atoms with Crippen LogP contribution in [0.4, 0.5) is 49.6 Å². The molecule has 0 saturated carbocycles. The van der Waals surface area contributed by atoms with E-state index in [0.717, 1.165) is 101 Å². The molecule has 23 heteroatoms. The van der Waals surface area contributed by atoms with E-state index in [0.29, 0.717) is 59.4 Å². The van der Waals surface area contributed by atoms with Crippen molar-refractivity contribution in [2.45, 2.75) is 56.7 Å². The van der Waals surface area contributed by atoms with Gasteiger partial charge in [-0.25, -0.2) is 19.9 Å². The van der Waals surface area contributed by atoms with Crippen LogP contribution in [0.1, 0.15) is 25.7 Å². The Morgan fingerprint density at radius 3 is 1.46 bits per heavy atom. The smallest absolute Gasteiger partial charge is 0.476 e. The van der Waals surface area contributed by atoms with E-state index in [1.165, 1.54) is 12.8 Å². The van der Waals surface area contributed by atoms with E-state index in [-0.39, 0.29) is 29.5 Å². The van der Waals surface area contributed by atoms with Gasteiger partial charge in [0.2, 0.25) is 24.1 Å². The minimum absolute atomic E-state index is 0.0614. The van der Waals surface area contributed by atoms with Gasteiger partial charge in [-0.2, -0.15) is 0 Å². The molecule has 380 valence electrons. The Morgan fingerprint density at radius 2 is 1.03 bits per heavy atom. The van der Waals surface area contributed by atoms with Crippen molar-refractivity contribution in [1.82, 2.24) is 29.7 Å². The molecule has 5 heterocycles. The first-order valence-electron chi connectivity index (χ1n) is 23.4. The van der Waals surface area contributed by atoms with E-state index in [1.54, 1.807) is 48.8 Å². The topological polar surface area (TPSA) is 180 Å². The zero-order valence-electron chi connectivity index (χ0n) is 38.6. The molecular weight excluding hydrogens is 955 g/mol. The largest absolute Gasteiger partial charge is 0.573 e. The summed E-state index contributed by atoms with van der Waals surface area (Å²) < 4.78 is 98.6. The number of hydrogen-bond donors (Lipinski definition) is 3. The Labute approximate surface area is 408 Å².